The summed E-state index contributed by atoms with van der Waals surface area (Å²) >= 11 is 0. The number of carbonyl (C=O) groups is 1. The van der Waals surface area contributed by atoms with E-state index in [1.54, 1.807) is 25.3 Å². The molecule has 1 aromatic heterocycles. The molecule has 0 unspecified atom stereocenters. The van der Waals surface area contributed by atoms with Crippen molar-refractivity contribution < 1.29 is 9.53 Å². The van der Waals surface area contributed by atoms with Crippen LogP contribution in [-0.2, 0) is 0 Å². The highest BCUT2D eigenvalue weighted by molar-refractivity contribution is 6.11. The molecule has 0 atom stereocenters. The normalized spacial score (nSPS) is 10.8. The Kier molecular flexibility index (Phi) is 3.14. The summed E-state index contributed by atoms with van der Waals surface area (Å²) in [4.78, 5) is 15.8. The lowest BCUT2D eigenvalue weighted by atomic mass is 10.0. The number of aromatic nitrogens is 1. The molecule has 0 aliphatic rings. The number of carbonyl (C=O) groups excluding carboxylic acids is 1. The Morgan fingerprint density at radius 1 is 1.19 bits per heavy atom. The number of nitrogens with two attached hydrogens (primary N) is 1. The molecule has 21 heavy (non-hydrogen) atoms. The summed E-state index contributed by atoms with van der Waals surface area (Å²) in [5.74, 6) is 0.704. The van der Waals surface area contributed by atoms with E-state index in [0.29, 0.717) is 16.9 Å². The number of methoxy groups -OCH3 is 1. The molecule has 0 aliphatic heterocycles. The Balaban J connectivity index is 2.07. The molecule has 2 aromatic carbocycles. The number of fused-ring (bicyclic) bond motifs is 1. The van der Waals surface area contributed by atoms with Crippen LogP contribution in [-0.4, -0.2) is 17.9 Å². The smallest absolute Gasteiger partial charge is 0.209 e. The van der Waals surface area contributed by atoms with Crippen LogP contribution in [0.1, 0.15) is 21.6 Å². The zero-order chi connectivity index (χ0) is 15.0. The molecule has 0 spiro atoms. The fourth-order valence-corrected chi connectivity index (χ4v) is 2.40. The highest BCUT2D eigenvalue weighted by Gasteiger charge is 2.15. The number of hydrogen-bond acceptors (Lipinski definition) is 3. The van der Waals surface area contributed by atoms with Gasteiger partial charge in [-0.25, -0.2) is 0 Å². The first-order valence-corrected chi connectivity index (χ1v) is 6.66. The third kappa shape index (κ3) is 2.25. The van der Waals surface area contributed by atoms with Crippen molar-refractivity contribution in [2.45, 2.75) is 6.92 Å². The van der Waals surface area contributed by atoms with Crippen LogP contribution in [0.15, 0.2) is 42.5 Å². The van der Waals surface area contributed by atoms with Crippen LogP contribution in [0.2, 0.25) is 0 Å². The van der Waals surface area contributed by atoms with E-state index >= 15 is 0 Å². The predicted molar refractivity (Wildman–Crippen MR) is 83.9 cm³/mol. The molecule has 0 bridgehead atoms. The van der Waals surface area contributed by atoms with Gasteiger partial charge in [0.15, 0.2) is 0 Å². The molecule has 3 N–H and O–H groups in total. The topological polar surface area (TPSA) is 68.1 Å². The van der Waals surface area contributed by atoms with Crippen LogP contribution >= 0.6 is 0 Å². The molecule has 1 heterocycles. The second-order valence-electron chi connectivity index (χ2n) is 4.99. The van der Waals surface area contributed by atoms with Crippen LogP contribution in [0.3, 0.4) is 0 Å². The van der Waals surface area contributed by atoms with E-state index in [9.17, 15) is 4.79 Å². The summed E-state index contributed by atoms with van der Waals surface area (Å²) in [6, 6.07) is 12.9. The molecule has 106 valence electrons. The Morgan fingerprint density at radius 2 is 2.00 bits per heavy atom. The van der Waals surface area contributed by atoms with Crippen LogP contribution in [0.5, 0.6) is 5.75 Å². The summed E-state index contributed by atoms with van der Waals surface area (Å²) < 4.78 is 5.20. The van der Waals surface area contributed by atoms with E-state index in [2.05, 4.69) is 4.98 Å². The largest absolute Gasteiger partial charge is 0.497 e. The van der Waals surface area contributed by atoms with E-state index < -0.39 is 0 Å². The molecular formula is C17H16N2O2. The molecule has 0 fully saturated rings. The second-order valence-corrected chi connectivity index (χ2v) is 4.99. The highest BCUT2D eigenvalue weighted by Crippen LogP contribution is 2.24. The minimum atomic E-state index is -0.0602. The minimum Gasteiger partial charge on any atom is -0.497 e. The number of H-pyrrole nitrogens is 1. The number of benzene rings is 2. The molecule has 0 saturated carbocycles. The summed E-state index contributed by atoms with van der Waals surface area (Å²) in [7, 11) is 1.62. The summed E-state index contributed by atoms with van der Waals surface area (Å²) in [6.45, 7) is 1.86. The monoisotopic (exact) mass is 280 g/mol. The predicted octanol–water partition coefficient (Wildman–Crippen LogP) is 3.30. The molecule has 3 rings (SSSR count). The Hall–Kier alpha value is -2.75. The van der Waals surface area contributed by atoms with Crippen LogP contribution in [0.4, 0.5) is 5.69 Å². The first-order valence-electron chi connectivity index (χ1n) is 6.66. The van der Waals surface area contributed by atoms with Gasteiger partial charge < -0.3 is 15.5 Å². The first kappa shape index (κ1) is 13.2. The average molecular weight is 280 g/mol. The number of ether oxygens (including phenoxy) is 1. The maximum Gasteiger partial charge on any atom is 0.209 e. The van der Waals surface area contributed by atoms with Crippen LogP contribution < -0.4 is 10.5 Å². The molecular weight excluding hydrogens is 264 g/mol. The zero-order valence-corrected chi connectivity index (χ0v) is 11.9. The standard InChI is InChI=1S/C17H16N2O2/c1-10-13(4-3-5-14(10)18)17(20)16-9-11-8-12(21-2)6-7-15(11)19-16/h3-9,19H,18H2,1-2H3. The molecule has 4 heteroatoms. The van der Waals surface area contributed by atoms with Gasteiger partial charge in [0.2, 0.25) is 5.78 Å². The van der Waals surface area contributed by atoms with Crippen molar-refractivity contribution in [3.63, 3.8) is 0 Å². The molecule has 4 nitrogen and oxygen atoms in total. The second kappa shape index (κ2) is 4.98. The van der Waals surface area contributed by atoms with Crippen LogP contribution in [0.25, 0.3) is 10.9 Å². The van der Waals surface area contributed by atoms with Gasteiger partial charge in [-0.05, 0) is 42.8 Å². The van der Waals surface area contributed by atoms with Gasteiger partial charge in [-0.1, -0.05) is 12.1 Å². The van der Waals surface area contributed by atoms with Gasteiger partial charge >= 0.3 is 0 Å². The number of ketones is 1. The van der Waals surface area contributed by atoms with E-state index in [-0.39, 0.29) is 5.78 Å². The summed E-state index contributed by atoms with van der Waals surface area (Å²) in [5, 5.41) is 0.944. The lowest BCUT2D eigenvalue weighted by Crippen LogP contribution is -2.05. The lowest BCUT2D eigenvalue weighted by Gasteiger charge is -2.05. The van der Waals surface area contributed by atoms with E-state index in [4.69, 9.17) is 10.5 Å². The molecule has 0 saturated heterocycles. The van der Waals surface area contributed by atoms with Crippen LogP contribution in [0, 0.1) is 6.92 Å². The van der Waals surface area contributed by atoms with Crippen molar-refractivity contribution in [1.29, 1.82) is 0 Å². The van der Waals surface area contributed by atoms with Gasteiger partial charge in [-0.15, -0.1) is 0 Å². The molecule has 3 aromatic rings. The Labute approximate surface area is 122 Å². The summed E-state index contributed by atoms with van der Waals surface area (Å²) in [6.07, 6.45) is 0. The molecule has 0 radical (unpaired) electrons. The van der Waals surface area contributed by atoms with Crippen molar-refractivity contribution in [2.75, 3.05) is 12.8 Å². The minimum absolute atomic E-state index is 0.0602. The van der Waals surface area contributed by atoms with Crippen molar-refractivity contribution in [3.05, 3.63) is 59.3 Å². The SMILES string of the molecule is COc1ccc2[nH]c(C(=O)c3cccc(N)c3C)cc2c1. The van der Waals surface area contributed by atoms with Crippen molar-refractivity contribution in [2.24, 2.45) is 0 Å². The van der Waals surface area contributed by atoms with E-state index in [1.807, 2.05) is 31.2 Å². The maximum absolute atomic E-state index is 12.6. The number of aromatic amines is 1. The van der Waals surface area contributed by atoms with Crippen molar-refractivity contribution >= 4 is 22.4 Å². The fraction of sp³-hybridized carbons (Fsp3) is 0.118. The molecule has 0 amide bonds. The number of nitrogens with one attached hydrogen (secondary N) is 1. The van der Waals surface area contributed by atoms with Gasteiger partial charge in [0.25, 0.3) is 0 Å². The Morgan fingerprint density at radius 3 is 2.76 bits per heavy atom. The molecule has 0 aliphatic carbocycles. The van der Waals surface area contributed by atoms with E-state index in [0.717, 1.165) is 22.2 Å². The maximum atomic E-state index is 12.6. The van der Waals surface area contributed by atoms with Crippen molar-refractivity contribution in [1.82, 2.24) is 4.98 Å². The average Bonchev–Trinajstić information content (AvgIpc) is 2.92. The number of rotatable bonds is 3. The number of anilines is 1. The fourth-order valence-electron chi connectivity index (χ4n) is 2.40. The quantitative estimate of drug-likeness (QED) is 0.571. The number of hydrogen-bond donors (Lipinski definition) is 2. The van der Waals surface area contributed by atoms with Crippen molar-refractivity contribution in [3.8, 4) is 5.75 Å². The van der Waals surface area contributed by atoms with Gasteiger partial charge in [0, 0.05) is 22.2 Å². The lowest BCUT2D eigenvalue weighted by molar-refractivity contribution is 0.103. The highest BCUT2D eigenvalue weighted by atomic mass is 16.5. The van der Waals surface area contributed by atoms with Gasteiger partial charge in [0.05, 0.1) is 12.8 Å². The number of nitrogen functional groups attached to an aromatic ring is 1. The van der Waals surface area contributed by atoms with Gasteiger partial charge in [0.1, 0.15) is 5.75 Å². The third-order valence-corrected chi connectivity index (χ3v) is 3.69. The third-order valence-electron chi connectivity index (χ3n) is 3.69. The van der Waals surface area contributed by atoms with Gasteiger partial charge in [-0.2, -0.15) is 0 Å². The Bertz CT molecular complexity index is 834. The summed E-state index contributed by atoms with van der Waals surface area (Å²) in [5.41, 5.74) is 9.37. The first-order chi connectivity index (χ1) is 10.1. The van der Waals surface area contributed by atoms with Gasteiger partial charge in [-0.3, -0.25) is 4.79 Å². The van der Waals surface area contributed by atoms with E-state index in [1.165, 1.54) is 0 Å². The zero-order valence-electron chi connectivity index (χ0n) is 11.9.